The molecule has 0 bridgehead atoms. The Kier molecular flexibility index (Phi) is 15.1. The summed E-state index contributed by atoms with van der Waals surface area (Å²) in [6.07, 6.45) is 0. The second kappa shape index (κ2) is 9.90. The maximum Gasteiger partial charge on any atom is 1.00 e. The molecule has 0 unspecified atom stereocenters. The molecule has 0 aromatic rings. The van der Waals surface area contributed by atoms with E-state index in [1.807, 2.05) is 0 Å². The van der Waals surface area contributed by atoms with Gasteiger partial charge in [0.2, 0.25) is 0 Å². The third-order valence-corrected chi connectivity index (χ3v) is 0.417. The molecule has 0 N–H and O–H groups in total. The van der Waals surface area contributed by atoms with Crippen molar-refractivity contribution in [2.45, 2.75) is 0 Å². The van der Waals surface area contributed by atoms with Gasteiger partial charge < -0.3 is 6.16 Å². The minimum absolute atomic E-state index is 0. The van der Waals surface area contributed by atoms with E-state index in [2.05, 4.69) is 4.74 Å². The summed E-state index contributed by atoms with van der Waals surface area (Å²) < 4.78 is 4.17. The predicted molar refractivity (Wildman–Crippen MR) is 23.8 cm³/mol. The van der Waals surface area contributed by atoms with Gasteiger partial charge in [0.15, 0.2) is 0 Å². The van der Waals surface area contributed by atoms with Gasteiger partial charge in [0, 0.05) is 0 Å². The van der Waals surface area contributed by atoms with E-state index in [0.717, 1.165) is 0 Å². The Morgan fingerprint density at radius 3 is 2.57 bits per heavy atom. The van der Waals surface area contributed by atoms with Gasteiger partial charge in [0.05, 0.1) is 5.88 Å². The van der Waals surface area contributed by atoms with E-state index in [-0.39, 0.29) is 31.0 Å². The number of hydrogen-bond donors (Lipinski definition) is 0. The van der Waals surface area contributed by atoms with Gasteiger partial charge in [-0.25, -0.2) is 0 Å². The van der Waals surface area contributed by atoms with Gasteiger partial charge >= 0.3 is 29.6 Å². The SMILES string of the molecule is O=COCCCl.[H-].[Na+]. The molecule has 0 aliphatic heterocycles. The maximum absolute atomic E-state index is 9.28. The molecule has 0 spiro atoms. The third kappa shape index (κ3) is 10.8. The number of alkyl halides is 1. The molecule has 0 saturated heterocycles. The molecule has 0 saturated carbocycles. The number of carbonyl (C=O) groups excluding carboxylic acids is 1. The predicted octanol–water partition coefficient (Wildman–Crippen LogP) is -2.49. The van der Waals surface area contributed by atoms with Crippen molar-refractivity contribution in [3.63, 3.8) is 0 Å². The van der Waals surface area contributed by atoms with Crippen molar-refractivity contribution < 1.29 is 40.5 Å². The summed E-state index contributed by atoms with van der Waals surface area (Å²) in [4.78, 5) is 9.28. The van der Waals surface area contributed by atoms with E-state index in [1.165, 1.54) is 0 Å². The van der Waals surface area contributed by atoms with E-state index in [4.69, 9.17) is 11.6 Å². The first kappa shape index (κ1) is 10.7. The van der Waals surface area contributed by atoms with Gasteiger partial charge in [-0.1, -0.05) is 0 Å². The Morgan fingerprint density at radius 1 is 1.86 bits per heavy atom. The molecule has 0 atom stereocenters. The van der Waals surface area contributed by atoms with Gasteiger partial charge in [-0.15, -0.1) is 11.6 Å². The van der Waals surface area contributed by atoms with Crippen LogP contribution >= 0.6 is 11.6 Å². The van der Waals surface area contributed by atoms with E-state index in [0.29, 0.717) is 19.0 Å². The number of carbonyl (C=O) groups is 1. The molecular weight excluding hydrogens is 126 g/mol. The number of halogens is 1. The molecule has 2 nitrogen and oxygen atoms in total. The zero-order valence-corrected chi connectivity index (χ0v) is 6.94. The Balaban J connectivity index is -0.000000125. The smallest absolute Gasteiger partial charge is 1.00 e. The van der Waals surface area contributed by atoms with Crippen molar-refractivity contribution in [2.24, 2.45) is 0 Å². The molecule has 0 aliphatic rings. The Morgan fingerprint density at radius 2 is 2.43 bits per heavy atom. The fraction of sp³-hybridized carbons (Fsp3) is 0.667. The largest absolute Gasteiger partial charge is 1.00 e. The van der Waals surface area contributed by atoms with Crippen LogP contribution in [0.2, 0.25) is 0 Å². The summed E-state index contributed by atoms with van der Waals surface area (Å²) in [5.41, 5.74) is 0. The van der Waals surface area contributed by atoms with E-state index in [9.17, 15) is 4.79 Å². The number of ether oxygens (including phenoxy) is 1. The number of rotatable bonds is 3. The first-order chi connectivity index (χ1) is 2.91. The fourth-order valence-electron chi connectivity index (χ4n) is 0.0927. The average Bonchev–Trinajstić information content (AvgIpc) is 1.61. The van der Waals surface area contributed by atoms with Crippen molar-refractivity contribution in [3.8, 4) is 0 Å². The quantitative estimate of drug-likeness (QED) is 0.184. The van der Waals surface area contributed by atoms with Crippen LogP contribution in [0.3, 0.4) is 0 Å². The van der Waals surface area contributed by atoms with Crippen LogP contribution in [0.1, 0.15) is 1.43 Å². The molecule has 0 amide bonds. The third-order valence-electron chi connectivity index (χ3n) is 0.263. The van der Waals surface area contributed by atoms with Crippen molar-refractivity contribution in [3.05, 3.63) is 0 Å². The molecular formula is C3H6ClNaO2. The van der Waals surface area contributed by atoms with E-state index in [1.54, 1.807) is 0 Å². The van der Waals surface area contributed by atoms with Crippen molar-refractivity contribution >= 4 is 18.1 Å². The second-order valence-corrected chi connectivity index (χ2v) is 1.03. The average molecular weight is 133 g/mol. The monoisotopic (exact) mass is 132 g/mol. The molecule has 0 aliphatic carbocycles. The minimum atomic E-state index is 0. The summed E-state index contributed by atoms with van der Waals surface area (Å²) in [6, 6.07) is 0. The molecule has 0 aromatic carbocycles. The van der Waals surface area contributed by atoms with Crippen molar-refractivity contribution in [1.82, 2.24) is 0 Å². The van der Waals surface area contributed by atoms with Crippen LogP contribution in [0.5, 0.6) is 0 Å². The molecule has 38 valence electrons. The zero-order chi connectivity index (χ0) is 4.83. The van der Waals surface area contributed by atoms with Crippen molar-refractivity contribution in [2.75, 3.05) is 12.5 Å². The molecule has 0 rings (SSSR count). The summed E-state index contributed by atoms with van der Waals surface area (Å²) in [6.45, 7) is 0.688. The summed E-state index contributed by atoms with van der Waals surface area (Å²) in [7, 11) is 0. The summed E-state index contributed by atoms with van der Waals surface area (Å²) in [5, 5.41) is 0. The van der Waals surface area contributed by atoms with Gasteiger partial charge in [-0.3, -0.25) is 4.79 Å². The normalized spacial score (nSPS) is 6.43. The van der Waals surface area contributed by atoms with Gasteiger partial charge in [0.25, 0.3) is 6.47 Å². The fourth-order valence-corrected chi connectivity index (χ4v) is 0.182. The molecule has 0 aromatic heterocycles. The Hall–Kier alpha value is 0.760. The first-order valence-corrected chi connectivity index (χ1v) is 2.06. The zero-order valence-electron chi connectivity index (χ0n) is 5.19. The van der Waals surface area contributed by atoms with E-state index >= 15 is 0 Å². The number of hydrogen-bond acceptors (Lipinski definition) is 2. The Bertz CT molecular complexity index is 46.3. The van der Waals surface area contributed by atoms with Crippen molar-refractivity contribution in [1.29, 1.82) is 0 Å². The van der Waals surface area contributed by atoms with Gasteiger partial charge in [0.1, 0.15) is 6.61 Å². The van der Waals surface area contributed by atoms with Crippen LogP contribution < -0.4 is 29.6 Å². The molecule has 7 heavy (non-hydrogen) atoms. The van der Waals surface area contributed by atoms with Crippen LogP contribution in [0.25, 0.3) is 0 Å². The second-order valence-electron chi connectivity index (χ2n) is 0.656. The minimum Gasteiger partial charge on any atom is -1.00 e. The maximum atomic E-state index is 9.28. The van der Waals surface area contributed by atoms with Crippen LogP contribution in [0.4, 0.5) is 0 Å². The molecule has 0 heterocycles. The molecule has 0 radical (unpaired) electrons. The van der Waals surface area contributed by atoms with Crippen LogP contribution in [0, 0.1) is 0 Å². The van der Waals surface area contributed by atoms with Crippen LogP contribution in [-0.4, -0.2) is 19.0 Å². The van der Waals surface area contributed by atoms with Crippen LogP contribution in [0.15, 0.2) is 0 Å². The first-order valence-electron chi connectivity index (χ1n) is 1.53. The van der Waals surface area contributed by atoms with Gasteiger partial charge in [-0.05, 0) is 0 Å². The standard InChI is InChI=1S/C3H5ClO2.Na.H/c4-1-2-6-3-5;;/h3H,1-2H2;;/q;+1;-1. The van der Waals surface area contributed by atoms with Crippen LogP contribution in [-0.2, 0) is 9.53 Å². The summed E-state index contributed by atoms with van der Waals surface area (Å²) >= 11 is 5.10. The van der Waals surface area contributed by atoms with E-state index < -0.39 is 0 Å². The molecule has 0 fully saturated rings. The van der Waals surface area contributed by atoms with Gasteiger partial charge in [-0.2, -0.15) is 0 Å². The topological polar surface area (TPSA) is 26.3 Å². The molecule has 4 heteroatoms. The summed E-state index contributed by atoms with van der Waals surface area (Å²) in [5.74, 6) is 0.374. The Labute approximate surface area is 70.9 Å².